The summed E-state index contributed by atoms with van der Waals surface area (Å²) < 4.78 is 4.54. The first-order valence-corrected chi connectivity index (χ1v) is 18.8. The highest BCUT2D eigenvalue weighted by Gasteiger charge is 2.45. The first kappa shape index (κ1) is 37.0. The minimum Gasteiger partial charge on any atom is -0.478 e. The van der Waals surface area contributed by atoms with Gasteiger partial charge in [0.15, 0.2) is 11.4 Å². The van der Waals surface area contributed by atoms with Crippen LogP contribution < -0.4 is 4.90 Å². The van der Waals surface area contributed by atoms with Gasteiger partial charge in [0.25, 0.3) is 0 Å². The second kappa shape index (κ2) is 14.5. The number of rotatable bonds is 11. The molecular formula is C48H47N3O4+2. The topological polar surface area (TPSA) is 83.9 Å². The molecule has 2 heterocycles. The molecule has 0 amide bonds. The summed E-state index contributed by atoms with van der Waals surface area (Å²) in [7, 11) is 0. The maximum Gasteiger partial charge on any atom is 0.335 e. The van der Waals surface area contributed by atoms with Gasteiger partial charge >= 0.3 is 11.9 Å². The van der Waals surface area contributed by atoms with E-state index in [1.165, 1.54) is 0 Å². The maximum atomic E-state index is 11.7. The van der Waals surface area contributed by atoms with Crippen LogP contribution in [0, 0.1) is 0 Å². The molecule has 5 aromatic rings. The summed E-state index contributed by atoms with van der Waals surface area (Å²) in [5.74, 6) is -1.83. The van der Waals surface area contributed by atoms with Gasteiger partial charge in [-0.25, -0.2) is 9.59 Å². The van der Waals surface area contributed by atoms with Crippen molar-refractivity contribution in [1.82, 2.24) is 0 Å². The molecule has 55 heavy (non-hydrogen) atoms. The van der Waals surface area contributed by atoms with Crippen LogP contribution in [0.5, 0.6) is 0 Å². The summed E-state index contributed by atoms with van der Waals surface area (Å²) >= 11 is 0. The Bertz CT molecular complexity index is 2280. The SMILES string of the molecule is CC[N+]1=C(C=Cc2ccc(N(c3ccccc3)c3ccc(C=CC4=[N+](CC)c5ccc(C(=O)O)cc5C4(C)C)cc3)cc2)C(C)(C)c2cc(C(=O)O)ccc21. The molecule has 0 radical (unpaired) electrons. The van der Waals surface area contributed by atoms with Gasteiger partial charge in [-0.2, -0.15) is 9.15 Å². The van der Waals surface area contributed by atoms with E-state index in [0.717, 1.165) is 75.2 Å². The van der Waals surface area contributed by atoms with E-state index in [4.69, 9.17) is 0 Å². The molecule has 0 fully saturated rings. The average Bonchev–Trinajstić information content (AvgIpc) is 3.54. The molecule has 7 rings (SSSR count). The molecular weight excluding hydrogens is 683 g/mol. The van der Waals surface area contributed by atoms with Crippen molar-refractivity contribution in [2.24, 2.45) is 0 Å². The predicted molar refractivity (Wildman–Crippen MR) is 223 cm³/mol. The van der Waals surface area contributed by atoms with E-state index in [0.29, 0.717) is 11.1 Å². The number of allylic oxidation sites excluding steroid dienone is 2. The van der Waals surface area contributed by atoms with Crippen molar-refractivity contribution < 1.29 is 29.0 Å². The molecule has 0 bridgehead atoms. The van der Waals surface area contributed by atoms with Crippen molar-refractivity contribution in [2.45, 2.75) is 52.4 Å². The highest BCUT2D eigenvalue weighted by Crippen LogP contribution is 2.42. The third kappa shape index (κ3) is 6.71. The average molecular weight is 730 g/mol. The highest BCUT2D eigenvalue weighted by atomic mass is 16.4. The number of carboxylic acids is 2. The Labute approximate surface area is 323 Å². The number of hydrogen-bond acceptors (Lipinski definition) is 3. The van der Waals surface area contributed by atoms with Crippen LogP contribution in [0.2, 0.25) is 0 Å². The van der Waals surface area contributed by atoms with Gasteiger partial charge in [-0.15, -0.1) is 0 Å². The van der Waals surface area contributed by atoms with Crippen molar-refractivity contribution >= 4 is 64.0 Å². The zero-order chi connectivity index (χ0) is 39.1. The Hall–Kier alpha value is -6.34. The number of hydrogen-bond donors (Lipinski definition) is 2. The van der Waals surface area contributed by atoms with Crippen molar-refractivity contribution in [2.75, 3.05) is 18.0 Å². The van der Waals surface area contributed by atoms with Gasteiger partial charge < -0.3 is 15.1 Å². The molecule has 0 aromatic heterocycles. The summed E-state index contributed by atoms with van der Waals surface area (Å²) in [6, 6.07) is 38.3. The lowest BCUT2D eigenvalue weighted by Crippen LogP contribution is -2.27. The molecule has 0 saturated carbocycles. The van der Waals surface area contributed by atoms with Gasteiger partial charge in [0.1, 0.15) is 13.1 Å². The fraction of sp³-hybridized carbons (Fsp3) is 0.208. The number of fused-ring (bicyclic) bond motifs is 2. The maximum absolute atomic E-state index is 11.7. The standard InChI is InChI=1S/C48H45N3O4/c1-7-49-41-26-20-34(45(52)53)30-39(41)47(3,4)43(49)28-18-32-14-22-37(23-15-32)51(36-12-10-9-11-13-36)38-24-16-33(17-25-38)19-29-44-48(5,6)40-31-35(46(54)55)21-27-42(40)50(44)8-2/h9-31H,7-8H2,1-6H3/p+2. The lowest BCUT2D eigenvalue weighted by atomic mass is 9.80. The Morgan fingerprint density at radius 1 is 0.545 bits per heavy atom. The Morgan fingerprint density at radius 2 is 0.927 bits per heavy atom. The van der Waals surface area contributed by atoms with Crippen LogP contribution in [0.1, 0.15) is 84.5 Å². The Morgan fingerprint density at radius 3 is 1.29 bits per heavy atom. The lowest BCUT2D eigenvalue weighted by molar-refractivity contribution is -0.433. The third-order valence-corrected chi connectivity index (χ3v) is 11.1. The van der Waals surface area contributed by atoms with Gasteiger partial charge in [0.05, 0.1) is 22.0 Å². The Balaban J connectivity index is 1.15. The van der Waals surface area contributed by atoms with Crippen LogP contribution in [0.4, 0.5) is 28.4 Å². The molecule has 2 aliphatic heterocycles. The summed E-state index contributed by atoms with van der Waals surface area (Å²) in [5, 5.41) is 19.3. The highest BCUT2D eigenvalue weighted by molar-refractivity contribution is 6.07. The monoisotopic (exact) mass is 729 g/mol. The number of nitrogens with zero attached hydrogens (tertiary/aromatic N) is 3. The van der Waals surface area contributed by atoms with Crippen LogP contribution in [0.15, 0.2) is 127 Å². The second-order valence-electron chi connectivity index (χ2n) is 15.1. The minimum atomic E-state index is -0.916. The first-order chi connectivity index (χ1) is 26.3. The normalized spacial score (nSPS) is 15.5. The zero-order valence-corrected chi connectivity index (χ0v) is 32.2. The van der Waals surface area contributed by atoms with Gasteiger partial charge in [0.2, 0.25) is 11.4 Å². The van der Waals surface area contributed by atoms with Crippen LogP contribution in [0.3, 0.4) is 0 Å². The predicted octanol–water partition coefficient (Wildman–Crippen LogP) is 10.8. The van der Waals surface area contributed by atoms with Gasteiger partial charge in [-0.3, -0.25) is 0 Å². The van der Waals surface area contributed by atoms with Crippen LogP contribution in [-0.4, -0.2) is 55.8 Å². The molecule has 2 aliphatic rings. The number of benzene rings is 5. The number of anilines is 3. The number of aromatic carboxylic acids is 2. The molecule has 5 aromatic carbocycles. The van der Waals surface area contributed by atoms with E-state index in [-0.39, 0.29) is 10.8 Å². The van der Waals surface area contributed by atoms with Gasteiger partial charge in [-0.1, -0.05) is 42.5 Å². The van der Waals surface area contributed by atoms with Crippen LogP contribution in [-0.2, 0) is 10.8 Å². The molecule has 0 unspecified atom stereocenters. The van der Waals surface area contributed by atoms with E-state index in [9.17, 15) is 19.8 Å². The summed E-state index contributed by atoms with van der Waals surface area (Å²) in [4.78, 5) is 25.7. The fourth-order valence-electron chi connectivity index (χ4n) is 8.14. The first-order valence-electron chi connectivity index (χ1n) is 18.8. The minimum absolute atomic E-state index is 0.304. The lowest BCUT2D eigenvalue weighted by Gasteiger charge is -2.25. The van der Waals surface area contributed by atoms with E-state index in [1.54, 1.807) is 12.1 Å². The zero-order valence-electron chi connectivity index (χ0n) is 32.2. The van der Waals surface area contributed by atoms with Crippen molar-refractivity contribution in [3.63, 3.8) is 0 Å². The van der Waals surface area contributed by atoms with Gasteiger partial charge in [0, 0.05) is 52.5 Å². The quantitative estimate of drug-likeness (QED) is 0.132. The molecule has 7 nitrogen and oxygen atoms in total. The molecule has 276 valence electrons. The number of para-hydroxylation sites is 1. The largest absolute Gasteiger partial charge is 0.478 e. The van der Waals surface area contributed by atoms with Crippen molar-refractivity contribution in [3.05, 3.63) is 161 Å². The summed E-state index contributed by atoms with van der Waals surface area (Å²) in [6.45, 7) is 14.4. The molecule has 0 saturated heterocycles. The molecule has 0 atom stereocenters. The molecule has 0 spiro atoms. The van der Waals surface area contributed by atoms with E-state index in [2.05, 4.69) is 141 Å². The molecule has 2 N–H and O–H groups in total. The fourth-order valence-corrected chi connectivity index (χ4v) is 8.14. The molecule has 0 aliphatic carbocycles. The number of carboxylic acid groups (broad SMARTS) is 2. The van der Waals surface area contributed by atoms with E-state index >= 15 is 0 Å². The molecule has 7 heteroatoms. The smallest absolute Gasteiger partial charge is 0.335 e. The summed E-state index contributed by atoms with van der Waals surface area (Å²) in [6.07, 6.45) is 8.59. The van der Waals surface area contributed by atoms with Crippen molar-refractivity contribution in [3.8, 4) is 0 Å². The van der Waals surface area contributed by atoms with E-state index in [1.807, 2.05) is 42.5 Å². The Kier molecular flexibility index (Phi) is 9.74. The van der Waals surface area contributed by atoms with Crippen LogP contribution >= 0.6 is 0 Å². The second-order valence-corrected chi connectivity index (χ2v) is 15.1. The third-order valence-electron chi connectivity index (χ3n) is 11.1. The van der Waals surface area contributed by atoms with Crippen LogP contribution in [0.25, 0.3) is 12.2 Å². The van der Waals surface area contributed by atoms with Gasteiger partial charge in [-0.05, 0) is 125 Å². The number of carbonyl (C=O) groups is 2. The van der Waals surface area contributed by atoms with E-state index < -0.39 is 11.9 Å². The summed E-state index contributed by atoms with van der Waals surface area (Å²) in [5.41, 5.74) is 11.6. The van der Waals surface area contributed by atoms with Crippen molar-refractivity contribution in [1.29, 1.82) is 0 Å².